The molecule has 0 saturated carbocycles. The van der Waals surface area contributed by atoms with E-state index in [4.69, 9.17) is 4.74 Å². The number of hydrogen-bond acceptors (Lipinski definition) is 5. The summed E-state index contributed by atoms with van der Waals surface area (Å²) in [6.45, 7) is 8.72. The number of sulfonamides is 1. The summed E-state index contributed by atoms with van der Waals surface area (Å²) < 4.78 is 30.2. The Morgan fingerprint density at radius 2 is 1.76 bits per heavy atom. The van der Waals surface area contributed by atoms with Crippen LogP contribution >= 0.6 is 0 Å². The number of benzene rings is 1. The Morgan fingerprint density at radius 1 is 1.14 bits per heavy atom. The monoisotopic (exact) mass is 425 g/mol. The molecule has 0 aromatic heterocycles. The molecular formula is C21H35N3O4S. The van der Waals surface area contributed by atoms with Gasteiger partial charge in [-0.15, -0.1) is 0 Å². The van der Waals surface area contributed by atoms with Gasteiger partial charge in [0.05, 0.1) is 19.5 Å². The minimum atomic E-state index is -3.18. The third-order valence-electron chi connectivity index (χ3n) is 5.57. The van der Waals surface area contributed by atoms with Crippen molar-refractivity contribution in [1.29, 1.82) is 0 Å². The number of amides is 1. The molecule has 164 valence electrons. The predicted molar refractivity (Wildman–Crippen MR) is 116 cm³/mol. The standard InChI is InChI=1S/C21H35N3O4S/c1-4-18(5-2)20(24-12-14-28-15-13-24)16-22-21(25)19-8-6-17(7-9-19)10-11-23-29(3,26)27/h6-9,18,20,23H,4-5,10-16H2,1-3H3,(H,22,25). The molecule has 1 fully saturated rings. The molecular weight excluding hydrogens is 390 g/mol. The maximum Gasteiger partial charge on any atom is 0.251 e. The molecule has 7 nitrogen and oxygen atoms in total. The van der Waals surface area contributed by atoms with Crippen molar-refractivity contribution < 1.29 is 17.9 Å². The number of hydrogen-bond donors (Lipinski definition) is 2. The number of ether oxygens (including phenoxy) is 1. The van der Waals surface area contributed by atoms with Crippen LogP contribution in [-0.4, -0.2) is 70.9 Å². The van der Waals surface area contributed by atoms with Gasteiger partial charge in [-0.2, -0.15) is 0 Å². The first-order valence-corrected chi connectivity index (χ1v) is 12.4. The van der Waals surface area contributed by atoms with Crippen molar-refractivity contribution in [1.82, 2.24) is 14.9 Å². The van der Waals surface area contributed by atoms with E-state index in [9.17, 15) is 13.2 Å². The van der Waals surface area contributed by atoms with Gasteiger partial charge in [0, 0.05) is 37.8 Å². The molecule has 1 aromatic rings. The van der Waals surface area contributed by atoms with E-state index in [0.717, 1.165) is 51.0 Å². The van der Waals surface area contributed by atoms with Crippen LogP contribution in [0.2, 0.25) is 0 Å². The fourth-order valence-electron chi connectivity index (χ4n) is 3.84. The van der Waals surface area contributed by atoms with Crippen molar-refractivity contribution in [2.24, 2.45) is 5.92 Å². The van der Waals surface area contributed by atoms with Gasteiger partial charge >= 0.3 is 0 Å². The minimum Gasteiger partial charge on any atom is -0.379 e. The lowest BCUT2D eigenvalue weighted by molar-refractivity contribution is 0.00191. The second kappa shape index (κ2) is 11.6. The summed E-state index contributed by atoms with van der Waals surface area (Å²) in [5, 5.41) is 3.11. The molecule has 1 unspecified atom stereocenters. The molecule has 1 saturated heterocycles. The van der Waals surface area contributed by atoms with Crippen molar-refractivity contribution >= 4 is 15.9 Å². The predicted octanol–water partition coefficient (Wildman–Crippen LogP) is 1.65. The van der Waals surface area contributed by atoms with Crippen molar-refractivity contribution in [3.05, 3.63) is 35.4 Å². The van der Waals surface area contributed by atoms with Crippen LogP contribution in [0, 0.1) is 5.92 Å². The Labute approximate surface area is 175 Å². The zero-order valence-corrected chi connectivity index (χ0v) is 18.6. The zero-order chi connectivity index (χ0) is 21.3. The average molecular weight is 426 g/mol. The number of nitrogens with one attached hydrogen (secondary N) is 2. The van der Waals surface area contributed by atoms with Crippen LogP contribution in [0.5, 0.6) is 0 Å². The van der Waals surface area contributed by atoms with Gasteiger partial charge in [-0.25, -0.2) is 13.1 Å². The lowest BCUT2D eigenvalue weighted by Gasteiger charge is -2.38. The normalized spacial score (nSPS) is 16.7. The van der Waals surface area contributed by atoms with E-state index in [1.165, 1.54) is 0 Å². The highest BCUT2D eigenvalue weighted by Crippen LogP contribution is 2.19. The Kier molecular flexibility index (Phi) is 9.55. The lowest BCUT2D eigenvalue weighted by atomic mass is 9.92. The van der Waals surface area contributed by atoms with Crippen LogP contribution in [0.4, 0.5) is 0 Å². The van der Waals surface area contributed by atoms with Crippen LogP contribution in [0.3, 0.4) is 0 Å². The Morgan fingerprint density at radius 3 is 2.31 bits per heavy atom. The summed E-state index contributed by atoms with van der Waals surface area (Å²) >= 11 is 0. The maximum absolute atomic E-state index is 12.6. The SMILES string of the molecule is CCC(CC)C(CNC(=O)c1ccc(CCNS(C)(=O)=O)cc1)N1CCOCC1. The quantitative estimate of drug-likeness (QED) is 0.563. The van der Waals surface area contributed by atoms with Crippen LogP contribution in [0.15, 0.2) is 24.3 Å². The second-order valence-electron chi connectivity index (χ2n) is 7.62. The summed E-state index contributed by atoms with van der Waals surface area (Å²) in [4.78, 5) is 15.1. The molecule has 29 heavy (non-hydrogen) atoms. The molecule has 0 radical (unpaired) electrons. The largest absolute Gasteiger partial charge is 0.379 e. The zero-order valence-electron chi connectivity index (χ0n) is 17.8. The van der Waals surface area contributed by atoms with Gasteiger partial charge < -0.3 is 10.1 Å². The molecule has 0 spiro atoms. The van der Waals surface area contributed by atoms with Crippen LogP contribution in [0.1, 0.15) is 42.6 Å². The minimum absolute atomic E-state index is 0.0740. The number of rotatable bonds is 11. The van der Waals surface area contributed by atoms with E-state index in [1.54, 1.807) is 12.1 Å². The van der Waals surface area contributed by atoms with Gasteiger partial charge in [-0.05, 0) is 30.0 Å². The molecule has 0 bridgehead atoms. The van der Waals surface area contributed by atoms with Gasteiger partial charge in [0.2, 0.25) is 10.0 Å². The molecule has 2 N–H and O–H groups in total. The van der Waals surface area contributed by atoms with E-state index in [2.05, 4.69) is 28.8 Å². The molecule has 1 amide bonds. The third kappa shape index (κ3) is 8.04. The van der Waals surface area contributed by atoms with Gasteiger partial charge in [0.15, 0.2) is 0 Å². The molecule has 0 aliphatic carbocycles. The third-order valence-corrected chi connectivity index (χ3v) is 6.30. The van der Waals surface area contributed by atoms with E-state index in [-0.39, 0.29) is 5.91 Å². The Balaban J connectivity index is 1.91. The van der Waals surface area contributed by atoms with Gasteiger partial charge in [-0.3, -0.25) is 9.69 Å². The van der Waals surface area contributed by atoms with E-state index in [1.807, 2.05) is 12.1 Å². The van der Waals surface area contributed by atoms with E-state index >= 15 is 0 Å². The summed E-state index contributed by atoms with van der Waals surface area (Å²) in [6.07, 6.45) is 3.91. The fraction of sp³-hybridized carbons (Fsp3) is 0.667. The van der Waals surface area contributed by atoms with Gasteiger partial charge in [0.1, 0.15) is 0 Å². The van der Waals surface area contributed by atoms with Crippen molar-refractivity contribution in [3.63, 3.8) is 0 Å². The number of carbonyl (C=O) groups is 1. The van der Waals surface area contributed by atoms with Crippen LogP contribution in [0.25, 0.3) is 0 Å². The summed E-state index contributed by atoms with van der Waals surface area (Å²) in [7, 11) is -3.18. The smallest absolute Gasteiger partial charge is 0.251 e. The number of morpholine rings is 1. The maximum atomic E-state index is 12.6. The molecule has 1 aliphatic heterocycles. The van der Waals surface area contributed by atoms with Crippen molar-refractivity contribution in [3.8, 4) is 0 Å². The summed E-state index contributed by atoms with van der Waals surface area (Å²) in [6, 6.07) is 7.66. The number of nitrogens with zero attached hydrogens (tertiary/aromatic N) is 1. The summed E-state index contributed by atoms with van der Waals surface area (Å²) in [5.74, 6) is 0.466. The molecule has 8 heteroatoms. The highest BCUT2D eigenvalue weighted by Gasteiger charge is 2.27. The fourth-order valence-corrected chi connectivity index (χ4v) is 4.31. The van der Waals surface area contributed by atoms with Gasteiger partial charge in [-0.1, -0.05) is 38.8 Å². The molecule has 1 heterocycles. The summed E-state index contributed by atoms with van der Waals surface area (Å²) in [5.41, 5.74) is 1.61. The van der Waals surface area contributed by atoms with Crippen molar-refractivity contribution in [2.45, 2.75) is 39.2 Å². The van der Waals surface area contributed by atoms with E-state index < -0.39 is 10.0 Å². The number of carbonyl (C=O) groups excluding carboxylic acids is 1. The Hall–Kier alpha value is -1.48. The Bertz CT molecular complexity index is 727. The molecule has 1 aromatic carbocycles. The first-order valence-electron chi connectivity index (χ1n) is 10.5. The highest BCUT2D eigenvalue weighted by atomic mass is 32.2. The van der Waals surface area contributed by atoms with E-state index in [0.29, 0.717) is 37.0 Å². The first-order chi connectivity index (χ1) is 13.8. The van der Waals surface area contributed by atoms with Crippen molar-refractivity contribution in [2.75, 3.05) is 45.6 Å². The first kappa shape index (κ1) is 23.8. The van der Waals surface area contributed by atoms with Gasteiger partial charge in [0.25, 0.3) is 5.91 Å². The topological polar surface area (TPSA) is 87.7 Å². The highest BCUT2D eigenvalue weighted by molar-refractivity contribution is 7.88. The molecule has 2 rings (SSSR count). The lowest BCUT2D eigenvalue weighted by Crippen LogP contribution is -2.52. The average Bonchev–Trinajstić information content (AvgIpc) is 2.71. The second-order valence-corrected chi connectivity index (χ2v) is 9.45. The molecule has 1 aliphatic rings. The van der Waals surface area contributed by atoms with Crippen LogP contribution < -0.4 is 10.0 Å². The van der Waals surface area contributed by atoms with Crippen LogP contribution in [-0.2, 0) is 21.2 Å². The molecule has 1 atom stereocenters.